The van der Waals surface area contributed by atoms with E-state index in [4.69, 9.17) is 0 Å². The van der Waals surface area contributed by atoms with Gasteiger partial charge in [-0.25, -0.2) is 0 Å². The van der Waals surface area contributed by atoms with Gasteiger partial charge in [-0.15, -0.1) is 6.58 Å². The second kappa shape index (κ2) is 4.86. The maximum atomic E-state index is 3.86. The van der Waals surface area contributed by atoms with Gasteiger partial charge in [-0.2, -0.15) is 0 Å². The highest BCUT2D eigenvalue weighted by Gasteiger charge is 2.43. The number of nitrogens with one attached hydrogen (secondary N) is 1. The molecule has 1 N–H and O–H groups in total. The van der Waals surface area contributed by atoms with E-state index in [9.17, 15) is 0 Å². The molecule has 0 saturated carbocycles. The molecule has 2 fully saturated rings. The van der Waals surface area contributed by atoms with E-state index in [1.165, 1.54) is 26.1 Å². The van der Waals surface area contributed by atoms with Crippen molar-refractivity contribution >= 4 is 0 Å². The van der Waals surface area contributed by atoms with E-state index < -0.39 is 0 Å². The Hall–Kier alpha value is -0.380. The van der Waals surface area contributed by atoms with Crippen molar-refractivity contribution in [3.63, 3.8) is 0 Å². The Labute approximate surface area is 99.5 Å². The van der Waals surface area contributed by atoms with Crippen molar-refractivity contribution < 1.29 is 0 Å². The van der Waals surface area contributed by atoms with Crippen LogP contribution < -0.4 is 5.32 Å². The van der Waals surface area contributed by atoms with Gasteiger partial charge in [-0.1, -0.05) is 6.08 Å². The summed E-state index contributed by atoms with van der Waals surface area (Å²) in [5, 5.41) is 3.43. The van der Waals surface area contributed by atoms with Crippen molar-refractivity contribution in [2.24, 2.45) is 0 Å². The summed E-state index contributed by atoms with van der Waals surface area (Å²) >= 11 is 0. The molecule has 0 bridgehead atoms. The summed E-state index contributed by atoms with van der Waals surface area (Å²) < 4.78 is 0. The third kappa shape index (κ3) is 2.17. The quantitative estimate of drug-likeness (QED) is 0.718. The Morgan fingerprint density at radius 2 is 2.00 bits per heavy atom. The average molecular weight is 223 g/mol. The summed E-state index contributed by atoms with van der Waals surface area (Å²) in [6, 6.07) is 0.717. The van der Waals surface area contributed by atoms with Crippen molar-refractivity contribution in [2.45, 2.75) is 31.8 Å². The number of hydrogen-bond acceptors (Lipinski definition) is 3. The molecule has 1 atom stereocenters. The molecule has 3 nitrogen and oxygen atoms in total. The first-order valence-electron chi connectivity index (χ1n) is 6.47. The first kappa shape index (κ1) is 12.1. The maximum Gasteiger partial charge on any atom is 0.0312 e. The Kier molecular flexibility index (Phi) is 3.67. The second-order valence-corrected chi connectivity index (χ2v) is 5.48. The van der Waals surface area contributed by atoms with Gasteiger partial charge in [-0.3, -0.25) is 9.80 Å². The van der Waals surface area contributed by atoms with E-state index in [1.54, 1.807) is 0 Å². The van der Waals surface area contributed by atoms with Crippen LogP contribution >= 0.6 is 0 Å². The summed E-state index contributed by atoms with van der Waals surface area (Å²) in [6.07, 6.45) is 3.34. The zero-order valence-corrected chi connectivity index (χ0v) is 10.7. The molecule has 0 radical (unpaired) electrons. The normalized spacial score (nSPS) is 31.8. The van der Waals surface area contributed by atoms with Crippen molar-refractivity contribution in [3.05, 3.63) is 12.7 Å². The summed E-state index contributed by atoms with van der Waals surface area (Å²) in [7, 11) is 0. The summed E-state index contributed by atoms with van der Waals surface area (Å²) in [6.45, 7) is 15.6. The van der Waals surface area contributed by atoms with Crippen LogP contribution in [0, 0.1) is 0 Å². The second-order valence-electron chi connectivity index (χ2n) is 5.48. The van der Waals surface area contributed by atoms with E-state index in [0.29, 0.717) is 5.54 Å². The van der Waals surface area contributed by atoms with Gasteiger partial charge >= 0.3 is 0 Å². The van der Waals surface area contributed by atoms with Gasteiger partial charge in [0, 0.05) is 50.8 Å². The lowest BCUT2D eigenvalue weighted by atomic mass is 9.93. The molecule has 2 aliphatic rings. The summed E-state index contributed by atoms with van der Waals surface area (Å²) in [5.41, 5.74) is 0.297. The molecule has 0 aromatic carbocycles. The fourth-order valence-electron chi connectivity index (χ4n) is 3.24. The maximum absolute atomic E-state index is 3.86. The number of hydrogen-bond donors (Lipinski definition) is 1. The summed E-state index contributed by atoms with van der Waals surface area (Å²) in [5.74, 6) is 0. The van der Waals surface area contributed by atoms with Gasteiger partial charge in [0.05, 0.1) is 0 Å². The van der Waals surface area contributed by atoms with Crippen LogP contribution in [0.3, 0.4) is 0 Å². The standard InChI is InChI=1S/C13H25N3/c1-4-8-16-9-5-12(13(16,2)3)15-10-6-14-7-11-15/h4,12,14H,1,5-11H2,2-3H3. The zero-order chi connectivity index (χ0) is 11.6. The smallest absolute Gasteiger partial charge is 0.0312 e. The third-order valence-electron chi connectivity index (χ3n) is 4.24. The molecule has 3 heteroatoms. The van der Waals surface area contributed by atoms with Crippen LogP contribution in [0.2, 0.25) is 0 Å². The predicted octanol–water partition coefficient (Wildman–Crippen LogP) is 0.930. The van der Waals surface area contributed by atoms with Gasteiger partial charge in [0.2, 0.25) is 0 Å². The van der Waals surface area contributed by atoms with Crippen LogP contribution in [0.25, 0.3) is 0 Å². The average Bonchev–Trinajstić information content (AvgIpc) is 2.57. The molecule has 2 heterocycles. The molecular formula is C13H25N3. The van der Waals surface area contributed by atoms with Crippen LogP contribution in [0.15, 0.2) is 12.7 Å². The zero-order valence-electron chi connectivity index (χ0n) is 10.7. The molecule has 2 aliphatic heterocycles. The predicted molar refractivity (Wildman–Crippen MR) is 68.7 cm³/mol. The van der Waals surface area contributed by atoms with Crippen molar-refractivity contribution in [1.82, 2.24) is 15.1 Å². The van der Waals surface area contributed by atoms with Gasteiger partial charge in [0.15, 0.2) is 0 Å². The van der Waals surface area contributed by atoms with Crippen LogP contribution in [-0.4, -0.2) is 60.6 Å². The van der Waals surface area contributed by atoms with Gasteiger partial charge < -0.3 is 5.32 Å². The SMILES string of the molecule is C=CCN1CCC(N2CCNCC2)C1(C)C. The van der Waals surface area contributed by atoms with E-state index in [2.05, 4.69) is 35.5 Å². The Balaban J connectivity index is 2.02. The lowest BCUT2D eigenvalue weighted by Gasteiger charge is -2.42. The number of rotatable bonds is 3. The molecule has 0 spiro atoms. The number of likely N-dealkylation sites (tertiary alicyclic amines) is 1. The first-order chi connectivity index (χ1) is 7.66. The Morgan fingerprint density at radius 1 is 1.31 bits per heavy atom. The lowest BCUT2D eigenvalue weighted by Crippen LogP contribution is -2.57. The van der Waals surface area contributed by atoms with Gasteiger partial charge in [0.1, 0.15) is 0 Å². The van der Waals surface area contributed by atoms with E-state index >= 15 is 0 Å². The monoisotopic (exact) mass is 223 g/mol. The minimum absolute atomic E-state index is 0.297. The first-order valence-corrected chi connectivity index (χ1v) is 6.47. The van der Waals surface area contributed by atoms with Crippen LogP contribution in [0.1, 0.15) is 20.3 Å². The molecule has 16 heavy (non-hydrogen) atoms. The highest BCUT2D eigenvalue weighted by atomic mass is 15.3. The Morgan fingerprint density at radius 3 is 2.62 bits per heavy atom. The highest BCUT2D eigenvalue weighted by molar-refractivity contribution is 5.03. The molecule has 2 saturated heterocycles. The van der Waals surface area contributed by atoms with Crippen LogP contribution in [0.5, 0.6) is 0 Å². The molecule has 0 amide bonds. The largest absolute Gasteiger partial charge is 0.314 e. The molecule has 0 aromatic heterocycles. The molecule has 92 valence electrons. The van der Waals surface area contributed by atoms with Gasteiger partial charge in [-0.05, 0) is 20.3 Å². The van der Waals surface area contributed by atoms with E-state index in [1.807, 2.05) is 6.08 Å². The van der Waals surface area contributed by atoms with Crippen molar-refractivity contribution in [1.29, 1.82) is 0 Å². The topological polar surface area (TPSA) is 18.5 Å². The molecular weight excluding hydrogens is 198 g/mol. The molecule has 0 aromatic rings. The minimum atomic E-state index is 0.297. The minimum Gasteiger partial charge on any atom is -0.314 e. The highest BCUT2D eigenvalue weighted by Crippen LogP contribution is 2.32. The molecule has 0 aliphatic carbocycles. The van der Waals surface area contributed by atoms with Crippen LogP contribution in [0.4, 0.5) is 0 Å². The fourth-order valence-corrected chi connectivity index (χ4v) is 3.24. The van der Waals surface area contributed by atoms with Crippen molar-refractivity contribution in [2.75, 3.05) is 39.3 Å². The lowest BCUT2D eigenvalue weighted by molar-refractivity contribution is 0.0790. The number of piperazine rings is 1. The van der Waals surface area contributed by atoms with Crippen molar-refractivity contribution in [3.8, 4) is 0 Å². The molecule has 1 unspecified atom stereocenters. The van der Waals surface area contributed by atoms with Crippen LogP contribution in [-0.2, 0) is 0 Å². The molecule has 2 rings (SSSR count). The number of nitrogens with zero attached hydrogens (tertiary/aromatic N) is 2. The Bertz CT molecular complexity index is 244. The van der Waals surface area contributed by atoms with E-state index in [-0.39, 0.29) is 0 Å². The van der Waals surface area contributed by atoms with E-state index in [0.717, 1.165) is 25.7 Å². The third-order valence-corrected chi connectivity index (χ3v) is 4.24. The summed E-state index contributed by atoms with van der Waals surface area (Å²) in [4.78, 5) is 5.23. The fraction of sp³-hybridized carbons (Fsp3) is 0.846. The van der Waals surface area contributed by atoms with Gasteiger partial charge in [0.25, 0.3) is 0 Å².